The first-order valence-corrected chi connectivity index (χ1v) is 6.84. The first kappa shape index (κ1) is 12.8. The van der Waals surface area contributed by atoms with Gasteiger partial charge in [0, 0.05) is 5.92 Å². The van der Waals surface area contributed by atoms with Crippen LogP contribution in [0.3, 0.4) is 0 Å². The van der Waals surface area contributed by atoms with Crippen LogP contribution in [-0.4, -0.2) is 26.5 Å². The van der Waals surface area contributed by atoms with Crippen LogP contribution in [-0.2, 0) is 10.2 Å². The smallest absolute Gasteiger partial charge is 0.228 e. The second kappa shape index (κ2) is 5.03. The lowest BCUT2D eigenvalue weighted by molar-refractivity contribution is -0.125. The third-order valence-corrected chi connectivity index (χ3v) is 4.33. The van der Waals surface area contributed by atoms with Crippen molar-refractivity contribution in [1.29, 1.82) is 0 Å². The van der Waals surface area contributed by atoms with Gasteiger partial charge in [-0.3, -0.25) is 4.79 Å². The summed E-state index contributed by atoms with van der Waals surface area (Å²) in [7, 11) is 0. The molecule has 20 heavy (non-hydrogen) atoms. The molecule has 1 aliphatic carbocycles. The predicted molar refractivity (Wildman–Crippen MR) is 72.7 cm³/mol. The average molecular weight is 271 g/mol. The number of aromatic nitrogens is 4. The van der Waals surface area contributed by atoms with E-state index in [0.29, 0.717) is 5.82 Å². The number of carbonyl (C=O) groups is 1. The van der Waals surface area contributed by atoms with Crippen molar-refractivity contribution in [3.05, 3.63) is 41.7 Å². The minimum Gasteiger partial charge on any atom is -0.369 e. The maximum Gasteiger partial charge on any atom is 0.228 e. The average Bonchev–Trinajstić information content (AvgIpc) is 3.02. The van der Waals surface area contributed by atoms with E-state index in [1.807, 2.05) is 30.3 Å². The van der Waals surface area contributed by atoms with Crippen LogP contribution in [0.1, 0.15) is 43.0 Å². The normalized spacial score (nSPS) is 26.3. The summed E-state index contributed by atoms with van der Waals surface area (Å²) in [5.74, 6) is 0.253. The summed E-state index contributed by atoms with van der Waals surface area (Å²) < 4.78 is 0. The largest absolute Gasteiger partial charge is 0.369 e. The minimum atomic E-state index is -0.722. The Morgan fingerprint density at radius 1 is 1.30 bits per heavy atom. The van der Waals surface area contributed by atoms with Crippen molar-refractivity contribution in [2.75, 3.05) is 0 Å². The van der Waals surface area contributed by atoms with E-state index < -0.39 is 5.41 Å². The molecule has 0 bridgehead atoms. The Kier molecular flexibility index (Phi) is 3.22. The summed E-state index contributed by atoms with van der Waals surface area (Å²) in [4.78, 5) is 12.3. The Labute approximate surface area is 116 Å². The summed E-state index contributed by atoms with van der Waals surface area (Å²) in [6.07, 6.45) is 3.62. The number of rotatable bonds is 3. The zero-order chi connectivity index (χ0) is 14.0. The zero-order valence-corrected chi connectivity index (χ0v) is 11.1. The third kappa shape index (κ3) is 1.88. The summed E-state index contributed by atoms with van der Waals surface area (Å²) in [6, 6.07) is 9.74. The van der Waals surface area contributed by atoms with Gasteiger partial charge >= 0.3 is 0 Å². The molecule has 1 aromatic carbocycles. The molecule has 104 valence electrons. The van der Waals surface area contributed by atoms with Gasteiger partial charge in [-0.2, -0.15) is 0 Å². The van der Waals surface area contributed by atoms with E-state index in [1.54, 1.807) is 0 Å². The molecule has 1 fully saturated rings. The molecule has 1 saturated carbocycles. The monoisotopic (exact) mass is 271 g/mol. The standard InChI is InChI=1S/C14H17N5O/c15-13(20)14(10-6-2-1-3-7-10)9-5-4-8-11(14)12-16-18-19-17-12/h1-3,6-7,11H,4-5,8-9H2,(H2,15,20)(H,16,17,18,19). The number of benzene rings is 1. The van der Waals surface area contributed by atoms with Gasteiger partial charge in [0.15, 0.2) is 5.82 Å². The van der Waals surface area contributed by atoms with Gasteiger partial charge in [0.05, 0.1) is 5.41 Å². The van der Waals surface area contributed by atoms with Gasteiger partial charge in [-0.1, -0.05) is 43.2 Å². The van der Waals surface area contributed by atoms with Crippen LogP contribution < -0.4 is 5.73 Å². The van der Waals surface area contributed by atoms with Crippen LogP contribution in [0.2, 0.25) is 0 Å². The highest BCUT2D eigenvalue weighted by Crippen LogP contribution is 2.47. The SMILES string of the molecule is NC(=O)C1(c2ccccc2)CCCCC1c1nnn[nH]1. The van der Waals surface area contributed by atoms with Crippen LogP contribution in [0.15, 0.2) is 30.3 Å². The number of aromatic amines is 1. The first-order chi connectivity index (χ1) is 9.75. The van der Waals surface area contributed by atoms with Crippen molar-refractivity contribution in [1.82, 2.24) is 20.6 Å². The Hall–Kier alpha value is -2.24. The lowest BCUT2D eigenvalue weighted by atomic mass is 9.61. The number of nitrogens with zero attached hydrogens (tertiary/aromatic N) is 3. The number of carbonyl (C=O) groups excluding carboxylic acids is 1. The number of amides is 1. The van der Waals surface area contributed by atoms with Crippen molar-refractivity contribution in [2.24, 2.45) is 5.73 Å². The quantitative estimate of drug-likeness (QED) is 0.878. The van der Waals surface area contributed by atoms with Crippen molar-refractivity contribution < 1.29 is 4.79 Å². The van der Waals surface area contributed by atoms with Gasteiger partial charge in [-0.25, -0.2) is 5.10 Å². The van der Waals surface area contributed by atoms with Crippen LogP contribution >= 0.6 is 0 Å². The molecular weight excluding hydrogens is 254 g/mol. The Balaban J connectivity index is 2.13. The molecule has 1 aromatic heterocycles. The number of primary amides is 1. The maximum atomic E-state index is 12.3. The van der Waals surface area contributed by atoms with E-state index in [2.05, 4.69) is 20.6 Å². The molecule has 1 amide bonds. The van der Waals surface area contributed by atoms with Crippen LogP contribution in [0.5, 0.6) is 0 Å². The number of H-pyrrole nitrogens is 1. The highest BCUT2D eigenvalue weighted by Gasteiger charge is 2.49. The van der Waals surface area contributed by atoms with Crippen molar-refractivity contribution >= 4 is 5.91 Å². The van der Waals surface area contributed by atoms with Crippen molar-refractivity contribution in [3.8, 4) is 0 Å². The molecule has 6 heteroatoms. The maximum absolute atomic E-state index is 12.3. The first-order valence-electron chi connectivity index (χ1n) is 6.84. The number of nitrogens with one attached hydrogen (secondary N) is 1. The van der Waals surface area contributed by atoms with Crippen molar-refractivity contribution in [2.45, 2.75) is 37.0 Å². The van der Waals surface area contributed by atoms with Gasteiger partial charge < -0.3 is 5.73 Å². The fourth-order valence-corrected chi connectivity index (χ4v) is 3.38. The molecular formula is C14H17N5O. The van der Waals surface area contributed by atoms with Crippen LogP contribution in [0.25, 0.3) is 0 Å². The van der Waals surface area contributed by atoms with Gasteiger partial charge in [-0.15, -0.1) is 5.10 Å². The Morgan fingerprint density at radius 2 is 2.10 bits per heavy atom. The van der Waals surface area contributed by atoms with E-state index in [1.165, 1.54) is 0 Å². The molecule has 1 aliphatic rings. The van der Waals surface area contributed by atoms with E-state index >= 15 is 0 Å². The van der Waals surface area contributed by atoms with E-state index in [4.69, 9.17) is 5.73 Å². The molecule has 3 N–H and O–H groups in total. The predicted octanol–water partition coefficient (Wildman–Crippen LogP) is 1.28. The van der Waals surface area contributed by atoms with Crippen LogP contribution in [0, 0.1) is 0 Å². The van der Waals surface area contributed by atoms with E-state index in [9.17, 15) is 4.79 Å². The highest BCUT2D eigenvalue weighted by molar-refractivity contribution is 5.88. The van der Waals surface area contributed by atoms with Gasteiger partial charge in [0.2, 0.25) is 5.91 Å². The highest BCUT2D eigenvalue weighted by atomic mass is 16.1. The molecule has 1 heterocycles. The molecule has 0 saturated heterocycles. The molecule has 3 rings (SSSR count). The molecule has 0 radical (unpaired) electrons. The van der Waals surface area contributed by atoms with Gasteiger partial charge in [-0.05, 0) is 28.8 Å². The summed E-state index contributed by atoms with van der Waals surface area (Å²) in [6.45, 7) is 0. The fraction of sp³-hybridized carbons (Fsp3) is 0.429. The van der Waals surface area contributed by atoms with Gasteiger partial charge in [0.25, 0.3) is 0 Å². The second-order valence-electron chi connectivity index (χ2n) is 5.29. The molecule has 0 spiro atoms. The molecule has 6 nitrogen and oxygen atoms in total. The van der Waals surface area contributed by atoms with Crippen LogP contribution in [0.4, 0.5) is 0 Å². The zero-order valence-electron chi connectivity index (χ0n) is 11.1. The molecule has 0 aliphatic heterocycles. The fourth-order valence-electron chi connectivity index (χ4n) is 3.38. The lowest BCUT2D eigenvalue weighted by Crippen LogP contribution is -2.48. The molecule has 2 atom stereocenters. The van der Waals surface area contributed by atoms with Crippen molar-refractivity contribution in [3.63, 3.8) is 0 Å². The molecule has 2 aromatic rings. The van der Waals surface area contributed by atoms with Gasteiger partial charge in [0.1, 0.15) is 0 Å². The second-order valence-corrected chi connectivity index (χ2v) is 5.29. The molecule has 2 unspecified atom stereocenters. The Morgan fingerprint density at radius 3 is 2.75 bits per heavy atom. The number of nitrogens with two attached hydrogens (primary N) is 1. The summed E-state index contributed by atoms with van der Waals surface area (Å²) in [5, 5.41) is 14.1. The number of hydrogen-bond acceptors (Lipinski definition) is 4. The number of hydrogen-bond donors (Lipinski definition) is 2. The number of tetrazole rings is 1. The third-order valence-electron chi connectivity index (χ3n) is 4.33. The van der Waals surface area contributed by atoms with E-state index in [0.717, 1.165) is 31.2 Å². The summed E-state index contributed by atoms with van der Waals surface area (Å²) in [5.41, 5.74) is 6.04. The Bertz CT molecular complexity index is 583. The topological polar surface area (TPSA) is 97.6 Å². The van der Waals surface area contributed by atoms with E-state index in [-0.39, 0.29) is 11.8 Å². The summed E-state index contributed by atoms with van der Waals surface area (Å²) >= 11 is 0. The minimum absolute atomic E-state index is 0.0915. The lowest BCUT2D eigenvalue weighted by Gasteiger charge is -2.40.